The highest BCUT2D eigenvalue weighted by atomic mass is 32.2. The molecule has 0 saturated carbocycles. The molecule has 0 radical (unpaired) electrons. The Balaban J connectivity index is 2.18. The first-order valence-corrected chi connectivity index (χ1v) is 5.64. The average Bonchev–Trinajstić information content (AvgIpc) is 2.63. The van der Waals surface area contributed by atoms with Crippen LogP contribution in [0, 0.1) is 17.1 Å². The minimum Gasteiger partial charge on any atom is -0.266 e. The first-order chi connectivity index (χ1) is 8.19. The van der Waals surface area contributed by atoms with Crippen LogP contribution in [0.5, 0.6) is 0 Å². The second kappa shape index (κ2) is 4.93. The van der Waals surface area contributed by atoms with Gasteiger partial charge in [-0.15, -0.1) is 0 Å². The van der Waals surface area contributed by atoms with Gasteiger partial charge in [0.2, 0.25) is 0 Å². The SMILES string of the molecule is N#CCC1=NC(=O)C(=Cc2ccc(F)cc2)S1. The molecule has 0 saturated heterocycles. The number of carbonyl (C=O) groups is 1. The zero-order valence-electron chi connectivity index (χ0n) is 8.68. The van der Waals surface area contributed by atoms with E-state index in [9.17, 15) is 9.18 Å². The van der Waals surface area contributed by atoms with Crippen LogP contribution in [0.4, 0.5) is 4.39 Å². The van der Waals surface area contributed by atoms with E-state index in [0.29, 0.717) is 9.95 Å². The molecule has 2 rings (SSSR count). The number of hydrogen-bond donors (Lipinski definition) is 0. The fraction of sp³-hybridized carbons (Fsp3) is 0.0833. The molecule has 1 aromatic carbocycles. The highest BCUT2D eigenvalue weighted by molar-refractivity contribution is 8.18. The van der Waals surface area contributed by atoms with Crippen LogP contribution in [0.25, 0.3) is 6.08 Å². The zero-order chi connectivity index (χ0) is 12.3. The van der Waals surface area contributed by atoms with Gasteiger partial charge in [-0.1, -0.05) is 23.9 Å². The average molecular weight is 246 g/mol. The molecule has 1 aromatic rings. The minimum absolute atomic E-state index is 0.136. The number of nitriles is 1. The van der Waals surface area contributed by atoms with Gasteiger partial charge in [-0.25, -0.2) is 9.38 Å². The predicted molar refractivity (Wildman–Crippen MR) is 64.6 cm³/mol. The molecule has 0 bridgehead atoms. The van der Waals surface area contributed by atoms with Crippen molar-refractivity contribution in [3.8, 4) is 6.07 Å². The third-order valence-electron chi connectivity index (χ3n) is 2.06. The quantitative estimate of drug-likeness (QED) is 0.754. The summed E-state index contributed by atoms with van der Waals surface area (Å²) in [4.78, 5) is 15.7. The van der Waals surface area contributed by atoms with Gasteiger partial charge in [-0.3, -0.25) is 4.79 Å². The maximum absolute atomic E-state index is 12.7. The van der Waals surface area contributed by atoms with E-state index in [4.69, 9.17) is 5.26 Å². The molecular weight excluding hydrogens is 239 g/mol. The van der Waals surface area contributed by atoms with Crippen LogP contribution in [-0.4, -0.2) is 11.0 Å². The molecule has 17 heavy (non-hydrogen) atoms. The third kappa shape index (κ3) is 2.80. The van der Waals surface area contributed by atoms with E-state index < -0.39 is 0 Å². The summed E-state index contributed by atoms with van der Waals surface area (Å²) in [5.74, 6) is -0.663. The van der Waals surface area contributed by atoms with Crippen molar-refractivity contribution in [2.75, 3.05) is 0 Å². The molecule has 1 aliphatic rings. The van der Waals surface area contributed by atoms with Gasteiger partial charge < -0.3 is 0 Å². The van der Waals surface area contributed by atoms with E-state index >= 15 is 0 Å². The second-order valence-corrected chi connectivity index (χ2v) is 4.42. The Kier molecular flexibility index (Phi) is 3.35. The van der Waals surface area contributed by atoms with E-state index in [1.54, 1.807) is 18.2 Å². The van der Waals surface area contributed by atoms with Gasteiger partial charge in [0.1, 0.15) is 5.82 Å². The lowest BCUT2D eigenvalue weighted by molar-refractivity contribution is -0.113. The third-order valence-corrected chi connectivity index (χ3v) is 3.05. The highest BCUT2D eigenvalue weighted by Crippen LogP contribution is 2.29. The summed E-state index contributed by atoms with van der Waals surface area (Å²) in [6.45, 7) is 0. The Hall–Kier alpha value is -1.93. The standard InChI is InChI=1S/C12H7FN2OS/c13-9-3-1-8(2-4-9)7-10-12(16)15-11(17-10)5-6-14/h1-4,7H,5H2. The molecule has 0 aromatic heterocycles. The van der Waals surface area contributed by atoms with Crippen molar-refractivity contribution >= 4 is 28.8 Å². The van der Waals surface area contributed by atoms with Crippen LogP contribution in [0.1, 0.15) is 12.0 Å². The van der Waals surface area contributed by atoms with Gasteiger partial charge in [0.25, 0.3) is 5.91 Å². The normalized spacial score (nSPS) is 17.1. The highest BCUT2D eigenvalue weighted by Gasteiger charge is 2.21. The molecule has 1 amide bonds. The first kappa shape index (κ1) is 11.6. The van der Waals surface area contributed by atoms with Crippen LogP contribution < -0.4 is 0 Å². The van der Waals surface area contributed by atoms with Crippen molar-refractivity contribution in [2.24, 2.45) is 4.99 Å². The van der Waals surface area contributed by atoms with Crippen LogP contribution in [0.3, 0.4) is 0 Å². The number of aliphatic imine (C=N–C) groups is 1. The summed E-state index contributed by atoms with van der Waals surface area (Å²) in [5, 5.41) is 9.01. The molecule has 0 fully saturated rings. The van der Waals surface area contributed by atoms with E-state index in [0.717, 1.165) is 5.56 Å². The predicted octanol–water partition coefficient (Wildman–Crippen LogP) is 2.75. The number of carbonyl (C=O) groups excluding carboxylic acids is 1. The molecule has 3 nitrogen and oxygen atoms in total. The van der Waals surface area contributed by atoms with Gasteiger partial charge in [0, 0.05) is 0 Å². The molecule has 0 N–H and O–H groups in total. The molecule has 84 valence electrons. The Morgan fingerprint density at radius 2 is 2.12 bits per heavy atom. The van der Waals surface area contributed by atoms with Crippen LogP contribution in [0.15, 0.2) is 34.2 Å². The number of thioether (sulfide) groups is 1. The van der Waals surface area contributed by atoms with Gasteiger partial charge >= 0.3 is 0 Å². The topological polar surface area (TPSA) is 53.2 Å². The second-order valence-electron chi connectivity index (χ2n) is 3.31. The van der Waals surface area contributed by atoms with Gasteiger partial charge in [0.05, 0.1) is 22.4 Å². The number of hydrogen-bond acceptors (Lipinski definition) is 3. The summed E-state index contributed by atoms with van der Waals surface area (Å²) < 4.78 is 12.7. The minimum atomic E-state index is -0.343. The first-order valence-electron chi connectivity index (χ1n) is 4.83. The monoisotopic (exact) mass is 246 g/mol. The van der Waals surface area contributed by atoms with Crippen molar-refractivity contribution < 1.29 is 9.18 Å². The van der Waals surface area contributed by atoms with Crippen molar-refractivity contribution in [3.63, 3.8) is 0 Å². The number of benzene rings is 1. The largest absolute Gasteiger partial charge is 0.284 e. The van der Waals surface area contributed by atoms with Crippen molar-refractivity contribution in [2.45, 2.75) is 6.42 Å². The van der Waals surface area contributed by atoms with Crippen LogP contribution in [0.2, 0.25) is 0 Å². The number of halogens is 1. The molecule has 0 unspecified atom stereocenters. The van der Waals surface area contributed by atoms with E-state index in [1.165, 1.54) is 23.9 Å². The van der Waals surface area contributed by atoms with Crippen LogP contribution >= 0.6 is 11.8 Å². The number of nitrogens with zero attached hydrogens (tertiary/aromatic N) is 2. The molecule has 5 heteroatoms. The van der Waals surface area contributed by atoms with E-state index in [2.05, 4.69) is 4.99 Å². The summed E-state index contributed by atoms with van der Waals surface area (Å²) in [6, 6.07) is 7.76. The Morgan fingerprint density at radius 1 is 1.41 bits per heavy atom. The molecule has 1 aliphatic heterocycles. The Morgan fingerprint density at radius 3 is 2.76 bits per heavy atom. The fourth-order valence-corrected chi connectivity index (χ4v) is 2.15. The lowest BCUT2D eigenvalue weighted by Gasteiger charge is -1.95. The number of rotatable bonds is 2. The summed E-state index contributed by atoms with van der Waals surface area (Å²) >= 11 is 1.19. The summed E-state index contributed by atoms with van der Waals surface area (Å²) in [5.41, 5.74) is 0.732. The lowest BCUT2D eigenvalue weighted by atomic mass is 10.2. The Bertz CT molecular complexity index is 555. The van der Waals surface area contributed by atoms with Crippen molar-refractivity contribution in [3.05, 3.63) is 40.6 Å². The lowest BCUT2D eigenvalue weighted by Crippen LogP contribution is -1.87. The number of amides is 1. The fourth-order valence-electron chi connectivity index (χ4n) is 1.31. The maximum Gasteiger partial charge on any atom is 0.284 e. The summed E-state index contributed by atoms with van der Waals surface area (Å²) in [6.07, 6.45) is 1.78. The van der Waals surface area contributed by atoms with Crippen LogP contribution in [-0.2, 0) is 4.79 Å². The van der Waals surface area contributed by atoms with Crippen molar-refractivity contribution in [1.82, 2.24) is 0 Å². The van der Waals surface area contributed by atoms with Gasteiger partial charge in [-0.2, -0.15) is 5.26 Å². The van der Waals surface area contributed by atoms with Gasteiger partial charge in [-0.05, 0) is 23.8 Å². The maximum atomic E-state index is 12.7. The van der Waals surface area contributed by atoms with E-state index in [1.807, 2.05) is 6.07 Å². The Labute approximate surface area is 102 Å². The molecule has 0 spiro atoms. The molecule has 1 heterocycles. The molecular formula is C12H7FN2OS. The molecule has 0 aliphatic carbocycles. The van der Waals surface area contributed by atoms with E-state index in [-0.39, 0.29) is 18.1 Å². The van der Waals surface area contributed by atoms with Crippen molar-refractivity contribution in [1.29, 1.82) is 5.26 Å². The van der Waals surface area contributed by atoms with Gasteiger partial charge in [0.15, 0.2) is 0 Å². The zero-order valence-corrected chi connectivity index (χ0v) is 9.50. The summed E-state index contributed by atoms with van der Waals surface area (Å²) in [7, 11) is 0. The molecule has 0 atom stereocenters. The smallest absolute Gasteiger partial charge is 0.266 e.